The number of aliphatic carboxylic acids is 3. The van der Waals surface area contributed by atoms with Gasteiger partial charge in [0.2, 0.25) is 0 Å². The van der Waals surface area contributed by atoms with E-state index >= 15 is 0 Å². The molecule has 0 heterocycles. The van der Waals surface area contributed by atoms with Crippen LogP contribution in [0.25, 0.3) is 0 Å². The molecule has 0 aliphatic carbocycles. The zero-order valence-corrected chi connectivity index (χ0v) is 22.7. The zero-order valence-electron chi connectivity index (χ0n) is 22.7. The Morgan fingerprint density at radius 2 is 1.06 bits per heavy atom. The molecular formula is C28H52O7. The Morgan fingerprint density at radius 1 is 0.657 bits per heavy atom. The van der Waals surface area contributed by atoms with E-state index in [-0.39, 0.29) is 12.8 Å². The summed E-state index contributed by atoms with van der Waals surface area (Å²) >= 11 is 0. The van der Waals surface area contributed by atoms with Crippen LogP contribution in [0.5, 0.6) is 0 Å². The Kier molecular flexibility index (Phi) is 16.9. The van der Waals surface area contributed by atoms with Gasteiger partial charge in [-0.2, -0.15) is 0 Å². The van der Waals surface area contributed by atoms with Crippen LogP contribution in [0.2, 0.25) is 0 Å². The summed E-state index contributed by atoms with van der Waals surface area (Å²) in [5, 5.41) is 40.9. The van der Waals surface area contributed by atoms with E-state index in [0.29, 0.717) is 12.8 Å². The van der Waals surface area contributed by atoms with Crippen molar-refractivity contribution in [2.75, 3.05) is 0 Å². The Labute approximate surface area is 212 Å². The first kappa shape index (κ1) is 33.4. The van der Waals surface area contributed by atoms with Crippen molar-refractivity contribution >= 4 is 17.9 Å². The third kappa shape index (κ3) is 9.40. The summed E-state index contributed by atoms with van der Waals surface area (Å²) in [6.45, 7) is 6.56. The third-order valence-electron chi connectivity index (χ3n) is 8.04. The lowest BCUT2D eigenvalue weighted by molar-refractivity contribution is -0.212. The van der Waals surface area contributed by atoms with E-state index < -0.39 is 40.8 Å². The standard InChI is InChI=1S/C28H52O7/c1-5-8-9-10-11-12-13-14-15-16-17-18-19-20-21-23(6-2)28(35,26(33)34)27(7-3,25(31)32)22(4)24(29)30/h22-23,35H,5-21H2,1-4H3,(H,29,30)(H,31,32)(H,33,34). The number of rotatable bonds is 23. The molecule has 0 aliphatic rings. The van der Waals surface area contributed by atoms with Crippen molar-refractivity contribution < 1.29 is 34.8 Å². The summed E-state index contributed by atoms with van der Waals surface area (Å²) in [5.74, 6) is -7.08. The lowest BCUT2D eigenvalue weighted by atomic mass is 9.57. The topological polar surface area (TPSA) is 132 Å². The van der Waals surface area contributed by atoms with Crippen LogP contribution in [-0.2, 0) is 14.4 Å². The molecule has 0 aromatic carbocycles. The maximum Gasteiger partial charge on any atom is 0.337 e. The quantitative estimate of drug-likeness (QED) is 0.112. The molecule has 206 valence electrons. The van der Waals surface area contributed by atoms with Gasteiger partial charge >= 0.3 is 17.9 Å². The van der Waals surface area contributed by atoms with Gasteiger partial charge in [0.05, 0.1) is 5.92 Å². The number of unbranched alkanes of at least 4 members (excludes halogenated alkanes) is 13. The second-order valence-corrected chi connectivity index (χ2v) is 10.3. The number of hydrogen-bond donors (Lipinski definition) is 4. The SMILES string of the molecule is CCCCCCCCCCCCCCCCC(CC)C(O)(C(=O)O)C(CC)(C(=O)O)C(C)C(=O)O. The Hall–Kier alpha value is -1.63. The van der Waals surface area contributed by atoms with Crippen molar-refractivity contribution in [2.45, 2.75) is 142 Å². The maximum atomic E-state index is 12.3. The summed E-state index contributed by atoms with van der Waals surface area (Å²) in [4.78, 5) is 36.3. The molecule has 0 radical (unpaired) electrons. The number of carbonyl (C=O) groups is 3. The highest BCUT2D eigenvalue weighted by molar-refractivity contribution is 5.92. The van der Waals surface area contributed by atoms with Gasteiger partial charge in [-0.3, -0.25) is 9.59 Å². The predicted molar refractivity (Wildman–Crippen MR) is 138 cm³/mol. The number of carboxylic acid groups (broad SMARTS) is 3. The van der Waals surface area contributed by atoms with Crippen LogP contribution in [0.1, 0.15) is 137 Å². The molecule has 0 spiro atoms. The molecule has 4 atom stereocenters. The van der Waals surface area contributed by atoms with Crippen LogP contribution in [0.15, 0.2) is 0 Å². The smallest absolute Gasteiger partial charge is 0.337 e. The normalized spacial score (nSPS) is 16.7. The first-order chi connectivity index (χ1) is 16.6. The molecule has 0 fully saturated rings. The predicted octanol–water partition coefficient (Wildman–Crippen LogP) is 6.90. The van der Waals surface area contributed by atoms with Gasteiger partial charge in [0, 0.05) is 0 Å². The fraction of sp³-hybridized carbons (Fsp3) is 0.893. The lowest BCUT2D eigenvalue weighted by Gasteiger charge is -2.47. The van der Waals surface area contributed by atoms with Crippen molar-refractivity contribution in [3.05, 3.63) is 0 Å². The van der Waals surface area contributed by atoms with Crippen molar-refractivity contribution in [2.24, 2.45) is 17.3 Å². The summed E-state index contributed by atoms with van der Waals surface area (Å²) in [6.07, 6.45) is 17.0. The van der Waals surface area contributed by atoms with Gasteiger partial charge in [0.15, 0.2) is 5.60 Å². The van der Waals surface area contributed by atoms with Crippen LogP contribution in [0.4, 0.5) is 0 Å². The highest BCUT2D eigenvalue weighted by Gasteiger charge is 2.66. The highest BCUT2D eigenvalue weighted by atomic mass is 16.4. The molecule has 0 bridgehead atoms. The van der Waals surface area contributed by atoms with Gasteiger partial charge in [-0.1, -0.05) is 118 Å². The average molecular weight is 501 g/mol. The van der Waals surface area contributed by atoms with E-state index in [1.807, 2.05) is 0 Å². The molecule has 7 heteroatoms. The molecule has 7 nitrogen and oxygen atoms in total. The summed E-state index contributed by atoms with van der Waals surface area (Å²) < 4.78 is 0. The molecule has 0 aromatic rings. The van der Waals surface area contributed by atoms with E-state index in [9.17, 15) is 34.8 Å². The molecular weight excluding hydrogens is 448 g/mol. The van der Waals surface area contributed by atoms with Gasteiger partial charge < -0.3 is 20.4 Å². The zero-order chi connectivity index (χ0) is 26.9. The number of aliphatic hydroxyl groups is 1. The first-order valence-electron chi connectivity index (χ1n) is 14.0. The van der Waals surface area contributed by atoms with E-state index in [1.165, 1.54) is 78.1 Å². The molecule has 0 amide bonds. The van der Waals surface area contributed by atoms with Crippen molar-refractivity contribution in [1.29, 1.82) is 0 Å². The molecule has 0 saturated carbocycles. The van der Waals surface area contributed by atoms with Crippen LogP contribution in [-0.4, -0.2) is 43.9 Å². The molecule has 35 heavy (non-hydrogen) atoms. The van der Waals surface area contributed by atoms with E-state index in [4.69, 9.17) is 0 Å². The average Bonchev–Trinajstić information content (AvgIpc) is 2.81. The van der Waals surface area contributed by atoms with Gasteiger partial charge in [0.1, 0.15) is 5.41 Å². The third-order valence-corrected chi connectivity index (χ3v) is 8.04. The van der Waals surface area contributed by atoms with Crippen LogP contribution in [0.3, 0.4) is 0 Å². The second-order valence-electron chi connectivity index (χ2n) is 10.3. The Bertz CT molecular complexity index is 620. The van der Waals surface area contributed by atoms with Gasteiger partial charge in [-0.05, 0) is 25.2 Å². The fourth-order valence-electron chi connectivity index (χ4n) is 5.64. The van der Waals surface area contributed by atoms with Crippen molar-refractivity contribution in [3.63, 3.8) is 0 Å². The molecule has 0 rings (SSSR count). The highest BCUT2D eigenvalue weighted by Crippen LogP contribution is 2.49. The largest absolute Gasteiger partial charge is 0.481 e. The monoisotopic (exact) mass is 500 g/mol. The van der Waals surface area contributed by atoms with Gasteiger partial charge in [0.25, 0.3) is 0 Å². The Morgan fingerprint density at radius 3 is 1.34 bits per heavy atom. The van der Waals surface area contributed by atoms with Crippen molar-refractivity contribution in [1.82, 2.24) is 0 Å². The van der Waals surface area contributed by atoms with Crippen LogP contribution in [0, 0.1) is 17.3 Å². The van der Waals surface area contributed by atoms with Crippen molar-refractivity contribution in [3.8, 4) is 0 Å². The van der Waals surface area contributed by atoms with E-state index in [2.05, 4.69) is 6.92 Å². The molecule has 0 aliphatic heterocycles. The van der Waals surface area contributed by atoms with Gasteiger partial charge in [-0.15, -0.1) is 0 Å². The molecule has 0 saturated heterocycles. The minimum Gasteiger partial charge on any atom is -0.481 e. The molecule has 0 aromatic heterocycles. The van der Waals surface area contributed by atoms with E-state index in [1.54, 1.807) is 6.92 Å². The van der Waals surface area contributed by atoms with Crippen LogP contribution < -0.4 is 0 Å². The second kappa shape index (κ2) is 17.7. The fourth-order valence-corrected chi connectivity index (χ4v) is 5.64. The lowest BCUT2D eigenvalue weighted by Crippen LogP contribution is -2.65. The number of carboxylic acids is 3. The van der Waals surface area contributed by atoms with E-state index in [0.717, 1.165) is 19.3 Å². The Balaban J connectivity index is 4.71. The minimum absolute atomic E-state index is 0.253. The van der Waals surface area contributed by atoms with Gasteiger partial charge in [-0.25, -0.2) is 4.79 Å². The first-order valence-corrected chi connectivity index (χ1v) is 14.0. The molecule has 4 unspecified atom stereocenters. The number of hydrogen-bond acceptors (Lipinski definition) is 4. The maximum absolute atomic E-state index is 12.3. The summed E-state index contributed by atoms with van der Waals surface area (Å²) in [6, 6.07) is 0. The van der Waals surface area contributed by atoms with Crippen LogP contribution >= 0.6 is 0 Å². The summed E-state index contributed by atoms with van der Waals surface area (Å²) in [5.41, 5.74) is -4.99. The molecule has 4 N–H and O–H groups in total. The summed E-state index contributed by atoms with van der Waals surface area (Å²) in [7, 11) is 0. The minimum atomic E-state index is -2.67.